The number of carbonyl (C=O) groups excluding carboxylic acids is 1. The van der Waals surface area contributed by atoms with Crippen LogP contribution in [0.25, 0.3) is 0 Å². The number of nitrogens with one attached hydrogen (secondary N) is 1. The lowest BCUT2D eigenvalue weighted by atomic mass is 9.87. The number of hydrogen-bond donors (Lipinski definition) is 2. The van der Waals surface area contributed by atoms with Gasteiger partial charge in [0.15, 0.2) is 9.84 Å². The van der Waals surface area contributed by atoms with Crippen LogP contribution in [0, 0.1) is 5.41 Å². The van der Waals surface area contributed by atoms with E-state index >= 15 is 0 Å². The summed E-state index contributed by atoms with van der Waals surface area (Å²) in [6.45, 7) is 0.457. The largest absolute Gasteiger partial charge is 0.396 e. The van der Waals surface area contributed by atoms with Crippen molar-refractivity contribution in [3.63, 3.8) is 0 Å². The maximum Gasteiger partial charge on any atom is 0.238 e. The van der Waals surface area contributed by atoms with Crippen LogP contribution in [0.3, 0.4) is 0 Å². The standard InChI is InChI=1S/C13H23NO4S/c15-10-13(6-2-3-7-13)9-14-12(16)11-5-1-4-8-19(11,17)18/h11,15H,1-10H2,(H,14,16). The van der Waals surface area contributed by atoms with Crippen molar-refractivity contribution >= 4 is 15.7 Å². The summed E-state index contributed by atoms with van der Waals surface area (Å²) in [6.07, 6.45) is 5.83. The fourth-order valence-electron chi connectivity index (χ4n) is 3.15. The lowest BCUT2D eigenvalue weighted by Crippen LogP contribution is -2.46. The first-order chi connectivity index (χ1) is 8.99. The van der Waals surface area contributed by atoms with E-state index in [1.165, 1.54) is 0 Å². The molecule has 1 atom stereocenters. The third-order valence-corrected chi connectivity index (χ3v) is 6.68. The zero-order valence-electron chi connectivity index (χ0n) is 11.2. The van der Waals surface area contributed by atoms with Crippen molar-refractivity contribution in [3.05, 3.63) is 0 Å². The summed E-state index contributed by atoms with van der Waals surface area (Å²) in [5, 5.41) is 11.4. The Morgan fingerprint density at radius 1 is 1.21 bits per heavy atom. The molecule has 0 bridgehead atoms. The fraction of sp³-hybridized carbons (Fsp3) is 0.923. The number of hydrogen-bond acceptors (Lipinski definition) is 4. The van der Waals surface area contributed by atoms with Gasteiger partial charge >= 0.3 is 0 Å². The quantitative estimate of drug-likeness (QED) is 0.795. The molecular formula is C13H23NO4S. The Bertz CT molecular complexity index is 426. The molecule has 1 amide bonds. The van der Waals surface area contributed by atoms with Gasteiger partial charge in [0.05, 0.1) is 12.4 Å². The van der Waals surface area contributed by atoms with Gasteiger partial charge in [-0.1, -0.05) is 19.3 Å². The average molecular weight is 289 g/mol. The second-order valence-electron chi connectivity index (χ2n) is 5.93. The molecule has 0 radical (unpaired) electrons. The molecule has 2 N–H and O–H groups in total. The van der Waals surface area contributed by atoms with Gasteiger partial charge in [-0.2, -0.15) is 0 Å². The number of amides is 1. The van der Waals surface area contributed by atoms with Crippen LogP contribution in [0.2, 0.25) is 0 Å². The van der Waals surface area contributed by atoms with E-state index in [4.69, 9.17) is 0 Å². The van der Waals surface area contributed by atoms with Crippen LogP contribution >= 0.6 is 0 Å². The molecule has 1 saturated carbocycles. The predicted molar refractivity (Wildman–Crippen MR) is 72.4 cm³/mol. The van der Waals surface area contributed by atoms with Gasteiger partial charge in [-0.05, 0) is 25.7 Å². The van der Waals surface area contributed by atoms with E-state index in [2.05, 4.69) is 5.32 Å². The Hall–Kier alpha value is -0.620. The van der Waals surface area contributed by atoms with Gasteiger partial charge in [0.25, 0.3) is 0 Å². The lowest BCUT2D eigenvalue weighted by Gasteiger charge is -2.28. The van der Waals surface area contributed by atoms with E-state index in [-0.39, 0.29) is 23.7 Å². The zero-order chi connectivity index (χ0) is 13.9. The summed E-state index contributed by atoms with van der Waals surface area (Å²) in [6, 6.07) is 0. The van der Waals surface area contributed by atoms with Crippen LogP contribution in [-0.4, -0.2) is 43.6 Å². The molecule has 110 valence electrons. The molecule has 1 saturated heterocycles. The van der Waals surface area contributed by atoms with Gasteiger partial charge < -0.3 is 10.4 Å². The summed E-state index contributed by atoms with van der Waals surface area (Å²) in [5.74, 6) is -0.254. The molecule has 0 aromatic rings. The topological polar surface area (TPSA) is 83.5 Å². The molecule has 0 aromatic heterocycles. The summed E-state index contributed by atoms with van der Waals surface area (Å²) in [5.41, 5.74) is -0.228. The monoisotopic (exact) mass is 289 g/mol. The minimum atomic E-state index is -3.27. The Kier molecular flexibility index (Phi) is 4.50. The second kappa shape index (κ2) is 5.79. The first-order valence-electron chi connectivity index (χ1n) is 7.09. The van der Waals surface area contributed by atoms with Crippen LogP contribution in [0.5, 0.6) is 0 Å². The lowest BCUT2D eigenvalue weighted by molar-refractivity contribution is -0.121. The Morgan fingerprint density at radius 3 is 2.47 bits per heavy atom. The smallest absolute Gasteiger partial charge is 0.238 e. The zero-order valence-corrected chi connectivity index (χ0v) is 12.0. The Labute approximate surface area is 114 Å². The second-order valence-corrected chi connectivity index (χ2v) is 8.24. The summed E-state index contributed by atoms with van der Waals surface area (Å²) >= 11 is 0. The summed E-state index contributed by atoms with van der Waals surface area (Å²) in [4.78, 5) is 12.1. The van der Waals surface area contributed by atoms with E-state index in [1.807, 2.05) is 0 Å². The number of aliphatic hydroxyl groups excluding tert-OH is 1. The van der Waals surface area contributed by atoms with Gasteiger partial charge in [0.2, 0.25) is 5.91 Å². The van der Waals surface area contributed by atoms with E-state index < -0.39 is 15.1 Å². The Morgan fingerprint density at radius 2 is 1.89 bits per heavy atom. The van der Waals surface area contributed by atoms with Crippen LogP contribution in [0.1, 0.15) is 44.9 Å². The molecule has 2 rings (SSSR count). The fourth-order valence-corrected chi connectivity index (χ4v) is 4.98. The number of aliphatic hydroxyl groups is 1. The highest BCUT2D eigenvalue weighted by molar-refractivity contribution is 7.92. The number of rotatable bonds is 4. The molecule has 1 heterocycles. The van der Waals surface area contributed by atoms with Crippen molar-refractivity contribution < 1.29 is 18.3 Å². The van der Waals surface area contributed by atoms with Gasteiger partial charge in [0.1, 0.15) is 5.25 Å². The highest BCUT2D eigenvalue weighted by atomic mass is 32.2. The molecule has 0 aromatic carbocycles. The van der Waals surface area contributed by atoms with Crippen molar-refractivity contribution in [2.45, 2.75) is 50.2 Å². The van der Waals surface area contributed by atoms with Gasteiger partial charge in [0, 0.05) is 12.0 Å². The summed E-state index contributed by atoms with van der Waals surface area (Å²) < 4.78 is 23.7. The van der Waals surface area contributed by atoms with Crippen molar-refractivity contribution in [2.24, 2.45) is 5.41 Å². The number of sulfone groups is 1. The van der Waals surface area contributed by atoms with Crippen LogP contribution < -0.4 is 5.32 Å². The SMILES string of the molecule is O=C(NCC1(CO)CCCC1)C1CCCCS1(=O)=O. The molecule has 1 unspecified atom stereocenters. The van der Waals surface area contributed by atoms with E-state index in [0.717, 1.165) is 32.1 Å². The van der Waals surface area contributed by atoms with E-state index in [9.17, 15) is 18.3 Å². The molecule has 1 aliphatic carbocycles. The van der Waals surface area contributed by atoms with E-state index in [0.29, 0.717) is 19.4 Å². The van der Waals surface area contributed by atoms with E-state index in [1.54, 1.807) is 0 Å². The van der Waals surface area contributed by atoms with Crippen molar-refractivity contribution in [1.82, 2.24) is 5.32 Å². The van der Waals surface area contributed by atoms with Crippen molar-refractivity contribution in [3.8, 4) is 0 Å². The molecule has 5 nitrogen and oxygen atoms in total. The maximum atomic E-state index is 12.1. The molecule has 0 spiro atoms. The minimum Gasteiger partial charge on any atom is -0.396 e. The van der Waals surface area contributed by atoms with Crippen LogP contribution in [0.4, 0.5) is 0 Å². The first-order valence-corrected chi connectivity index (χ1v) is 8.81. The van der Waals surface area contributed by atoms with Crippen LogP contribution in [-0.2, 0) is 14.6 Å². The van der Waals surface area contributed by atoms with Crippen molar-refractivity contribution in [1.29, 1.82) is 0 Å². The summed E-state index contributed by atoms with van der Waals surface area (Å²) in [7, 11) is -3.27. The Balaban J connectivity index is 1.94. The third kappa shape index (κ3) is 3.28. The predicted octanol–water partition coefficient (Wildman–Crippen LogP) is 0.623. The van der Waals surface area contributed by atoms with Gasteiger partial charge in [-0.3, -0.25) is 4.79 Å². The minimum absolute atomic E-state index is 0.0602. The first kappa shape index (κ1) is 14.8. The molecule has 2 aliphatic rings. The van der Waals surface area contributed by atoms with Gasteiger partial charge in [-0.25, -0.2) is 8.42 Å². The highest BCUT2D eigenvalue weighted by Gasteiger charge is 2.37. The normalized spacial score (nSPS) is 29.0. The maximum absolute atomic E-state index is 12.1. The molecule has 2 fully saturated rings. The molecule has 6 heteroatoms. The van der Waals surface area contributed by atoms with Crippen molar-refractivity contribution in [2.75, 3.05) is 18.9 Å². The molecular weight excluding hydrogens is 266 g/mol. The van der Waals surface area contributed by atoms with Gasteiger partial charge in [-0.15, -0.1) is 0 Å². The van der Waals surface area contributed by atoms with Crippen LogP contribution in [0.15, 0.2) is 0 Å². The molecule has 19 heavy (non-hydrogen) atoms. The third-order valence-electron chi connectivity index (χ3n) is 4.51. The number of carbonyl (C=O) groups is 1. The highest BCUT2D eigenvalue weighted by Crippen LogP contribution is 2.37. The average Bonchev–Trinajstić information content (AvgIpc) is 2.85. The molecule has 1 aliphatic heterocycles.